The molecular formula is C20H39N3O3. The van der Waals surface area contributed by atoms with E-state index in [9.17, 15) is 9.59 Å². The van der Waals surface area contributed by atoms with Gasteiger partial charge in [-0.25, -0.2) is 0 Å². The van der Waals surface area contributed by atoms with Crippen molar-refractivity contribution in [3.05, 3.63) is 0 Å². The molecule has 0 radical (unpaired) electrons. The maximum absolute atomic E-state index is 12.7. The van der Waals surface area contributed by atoms with E-state index in [0.29, 0.717) is 17.7 Å². The highest BCUT2D eigenvalue weighted by Crippen LogP contribution is 2.16. The molecule has 0 aliphatic heterocycles. The summed E-state index contributed by atoms with van der Waals surface area (Å²) >= 11 is 0. The van der Waals surface area contributed by atoms with E-state index >= 15 is 0 Å². The van der Waals surface area contributed by atoms with Crippen molar-refractivity contribution in [3.8, 4) is 0 Å². The Kier molecular flexibility index (Phi) is 10.7. The Morgan fingerprint density at radius 2 is 1.38 bits per heavy atom. The molecule has 0 bridgehead atoms. The third-order valence-electron chi connectivity index (χ3n) is 4.47. The van der Waals surface area contributed by atoms with Crippen molar-refractivity contribution in [3.63, 3.8) is 0 Å². The van der Waals surface area contributed by atoms with Crippen LogP contribution in [-0.4, -0.2) is 73.8 Å². The van der Waals surface area contributed by atoms with E-state index in [0.717, 1.165) is 12.8 Å². The predicted molar refractivity (Wildman–Crippen MR) is 108 cm³/mol. The first-order valence-corrected chi connectivity index (χ1v) is 9.49. The average Bonchev–Trinajstić information content (AvgIpc) is 2.49. The van der Waals surface area contributed by atoms with E-state index in [1.807, 2.05) is 37.9 Å². The number of ketones is 1. The van der Waals surface area contributed by atoms with Gasteiger partial charge in [0, 0.05) is 14.1 Å². The number of carbonyl (C=O) groups is 2. The van der Waals surface area contributed by atoms with Crippen LogP contribution >= 0.6 is 0 Å². The summed E-state index contributed by atoms with van der Waals surface area (Å²) in [6, 6.07) is -0.560. The predicted octanol–water partition coefficient (Wildman–Crippen LogP) is 2.86. The Labute approximate surface area is 160 Å². The summed E-state index contributed by atoms with van der Waals surface area (Å²) < 4.78 is 5.72. The van der Waals surface area contributed by atoms with Gasteiger partial charge in [0.15, 0.2) is 11.9 Å². The van der Waals surface area contributed by atoms with Crippen LogP contribution in [0, 0.1) is 11.8 Å². The lowest BCUT2D eigenvalue weighted by molar-refractivity contribution is -0.151. The van der Waals surface area contributed by atoms with Crippen LogP contribution in [0.5, 0.6) is 0 Å². The van der Waals surface area contributed by atoms with Crippen LogP contribution in [0.1, 0.15) is 54.4 Å². The second kappa shape index (κ2) is 11.3. The summed E-state index contributed by atoms with van der Waals surface area (Å²) in [4.78, 5) is 32.8. The fourth-order valence-electron chi connectivity index (χ4n) is 3.10. The topological polar surface area (TPSA) is 62.2 Å². The van der Waals surface area contributed by atoms with Crippen LogP contribution in [0.4, 0.5) is 0 Å². The van der Waals surface area contributed by atoms with Crippen LogP contribution in [0.2, 0.25) is 0 Å². The molecular weight excluding hydrogens is 330 g/mol. The van der Waals surface area contributed by atoms with Crippen LogP contribution in [0.3, 0.4) is 0 Å². The molecule has 152 valence electrons. The molecule has 0 aromatic heterocycles. The van der Waals surface area contributed by atoms with Crippen molar-refractivity contribution in [1.29, 1.82) is 0 Å². The number of likely N-dealkylation sites (N-methyl/N-ethyl adjacent to an activating group) is 2. The summed E-state index contributed by atoms with van der Waals surface area (Å²) in [6.45, 7) is 11.8. The van der Waals surface area contributed by atoms with Crippen LogP contribution in [0.15, 0.2) is 4.99 Å². The van der Waals surface area contributed by atoms with Gasteiger partial charge in [-0.05, 0) is 52.6 Å². The minimum atomic E-state index is -0.513. The van der Waals surface area contributed by atoms with Crippen molar-refractivity contribution in [2.24, 2.45) is 16.8 Å². The lowest BCUT2D eigenvalue weighted by Crippen LogP contribution is -2.48. The highest BCUT2D eigenvalue weighted by molar-refractivity contribution is 5.93. The van der Waals surface area contributed by atoms with Gasteiger partial charge in [-0.2, -0.15) is 0 Å². The molecule has 6 heteroatoms. The number of carbonyl (C=O) groups excluding carboxylic acids is 2. The van der Waals surface area contributed by atoms with Crippen molar-refractivity contribution >= 4 is 17.6 Å². The molecule has 0 saturated heterocycles. The zero-order chi connectivity index (χ0) is 20.6. The van der Waals surface area contributed by atoms with Crippen molar-refractivity contribution in [1.82, 2.24) is 9.80 Å². The van der Waals surface area contributed by atoms with E-state index < -0.39 is 6.10 Å². The first-order valence-electron chi connectivity index (χ1n) is 9.49. The van der Waals surface area contributed by atoms with Gasteiger partial charge in [-0.15, -0.1) is 0 Å². The molecule has 0 aliphatic rings. The summed E-state index contributed by atoms with van der Waals surface area (Å²) in [6.07, 6.45) is 0.955. The first kappa shape index (κ1) is 24.6. The molecule has 26 heavy (non-hydrogen) atoms. The summed E-state index contributed by atoms with van der Waals surface area (Å²) in [7, 11) is 7.28. The second-order valence-electron chi connectivity index (χ2n) is 8.14. The average molecular weight is 370 g/mol. The minimum Gasteiger partial charge on any atom is -0.453 e. The van der Waals surface area contributed by atoms with E-state index in [1.54, 1.807) is 14.0 Å². The van der Waals surface area contributed by atoms with Gasteiger partial charge in [0.2, 0.25) is 0 Å². The maximum atomic E-state index is 12.7. The third-order valence-corrected chi connectivity index (χ3v) is 4.47. The quantitative estimate of drug-likeness (QED) is 0.337. The molecule has 3 atom stereocenters. The van der Waals surface area contributed by atoms with E-state index in [4.69, 9.17) is 4.74 Å². The lowest BCUT2D eigenvalue weighted by atomic mass is 9.99. The number of hydrogen-bond donors (Lipinski definition) is 0. The zero-order valence-corrected chi connectivity index (χ0v) is 18.4. The minimum absolute atomic E-state index is 0.0897. The molecule has 0 aliphatic carbocycles. The second-order valence-corrected chi connectivity index (χ2v) is 8.14. The first-order chi connectivity index (χ1) is 11.9. The summed E-state index contributed by atoms with van der Waals surface area (Å²) in [5.41, 5.74) is 0. The smallest absolute Gasteiger partial charge is 0.324 e. The zero-order valence-electron chi connectivity index (χ0n) is 18.4. The molecule has 0 aromatic rings. The molecule has 1 unspecified atom stereocenters. The molecule has 0 aromatic carbocycles. The SMILES string of the molecule is CN=C(C(C)OC(=O)[C@H](CC(C)C)N(C)C)N(C)[C@@H](CC(C)C)C(C)=O. The molecule has 0 N–H and O–H groups in total. The number of amidine groups is 1. The monoisotopic (exact) mass is 369 g/mol. The fraction of sp³-hybridized carbons (Fsp3) is 0.850. The fourth-order valence-corrected chi connectivity index (χ4v) is 3.10. The normalized spacial score (nSPS) is 16.0. The number of aliphatic imine (C=N–C) groups is 1. The van der Waals surface area contributed by atoms with Crippen molar-refractivity contribution < 1.29 is 14.3 Å². The van der Waals surface area contributed by atoms with Gasteiger partial charge in [0.05, 0.1) is 6.04 Å². The molecule has 0 amide bonds. The number of hydrogen-bond acceptors (Lipinski definition) is 5. The summed E-state index contributed by atoms with van der Waals surface area (Å²) in [5, 5.41) is 0. The molecule has 0 saturated carbocycles. The molecule has 0 heterocycles. The van der Waals surface area contributed by atoms with Crippen LogP contribution in [0.25, 0.3) is 0 Å². The third kappa shape index (κ3) is 7.85. The van der Waals surface area contributed by atoms with Crippen LogP contribution in [-0.2, 0) is 14.3 Å². The Balaban J connectivity index is 5.25. The Hall–Kier alpha value is -1.43. The molecule has 0 rings (SSSR count). The highest BCUT2D eigenvalue weighted by atomic mass is 16.5. The van der Waals surface area contributed by atoms with Gasteiger partial charge >= 0.3 is 5.97 Å². The van der Waals surface area contributed by atoms with Gasteiger partial charge in [0.25, 0.3) is 0 Å². The van der Waals surface area contributed by atoms with Gasteiger partial charge in [0.1, 0.15) is 11.9 Å². The van der Waals surface area contributed by atoms with Gasteiger partial charge in [-0.3, -0.25) is 19.5 Å². The van der Waals surface area contributed by atoms with E-state index in [-0.39, 0.29) is 23.8 Å². The number of esters is 1. The highest BCUT2D eigenvalue weighted by Gasteiger charge is 2.30. The molecule has 0 spiro atoms. The standard InChI is InChI=1S/C20H39N3O3/c1-13(2)11-17(15(5)24)23(10)19(21-7)16(6)26-20(25)18(22(8)9)12-14(3)4/h13-14,16-18H,11-12H2,1-10H3/t16?,17-,18-/m0/s1. The van der Waals surface area contributed by atoms with Crippen molar-refractivity contribution in [2.45, 2.75) is 72.6 Å². The number of ether oxygens (including phenoxy) is 1. The van der Waals surface area contributed by atoms with Crippen molar-refractivity contribution in [2.75, 3.05) is 28.2 Å². The van der Waals surface area contributed by atoms with E-state index in [1.165, 1.54) is 0 Å². The number of nitrogens with zero attached hydrogens (tertiary/aromatic N) is 3. The number of rotatable bonds is 10. The van der Waals surface area contributed by atoms with E-state index in [2.05, 4.69) is 32.7 Å². The Bertz CT molecular complexity index is 487. The maximum Gasteiger partial charge on any atom is 0.324 e. The summed E-state index contributed by atoms with van der Waals surface area (Å²) in [5.74, 6) is 1.22. The number of Topliss-reactive ketones (excluding diaryl/α,β-unsaturated/α-hetero) is 1. The van der Waals surface area contributed by atoms with Crippen LogP contribution < -0.4 is 0 Å². The molecule has 0 fully saturated rings. The lowest BCUT2D eigenvalue weighted by Gasteiger charge is -2.33. The van der Waals surface area contributed by atoms with Gasteiger partial charge < -0.3 is 9.64 Å². The largest absolute Gasteiger partial charge is 0.453 e. The Morgan fingerprint density at radius 1 is 0.923 bits per heavy atom. The van der Waals surface area contributed by atoms with Gasteiger partial charge in [-0.1, -0.05) is 27.7 Å². The Morgan fingerprint density at radius 3 is 1.73 bits per heavy atom. The molecule has 6 nitrogen and oxygen atoms in total.